The van der Waals surface area contributed by atoms with Crippen LogP contribution in [0.2, 0.25) is 0 Å². The fourth-order valence-corrected chi connectivity index (χ4v) is 1.89. The van der Waals surface area contributed by atoms with Gasteiger partial charge in [0.15, 0.2) is 0 Å². The predicted molar refractivity (Wildman–Crippen MR) is 67.7 cm³/mol. The molecule has 19 heavy (non-hydrogen) atoms. The van der Waals surface area contributed by atoms with Crippen LogP contribution in [-0.4, -0.2) is 4.98 Å². The quantitative estimate of drug-likeness (QED) is 0.829. The molecular formula is C13H9BrF3NO. The summed E-state index contributed by atoms with van der Waals surface area (Å²) in [6.07, 6.45) is -3.35. The van der Waals surface area contributed by atoms with Crippen molar-refractivity contribution in [3.8, 4) is 5.88 Å². The van der Waals surface area contributed by atoms with Crippen LogP contribution in [0.4, 0.5) is 13.2 Å². The van der Waals surface area contributed by atoms with E-state index in [0.29, 0.717) is 0 Å². The van der Waals surface area contributed by atoms with Gasteiger partial charge in [0.05, 0.1) is 5.56 Å². The van der Waals surface area contributed by atoms with Crippen LogP contribution in [0, 0.1) is 0 Å². The highest BCUT2D eigenvalue weighted by atomic mass is 79.9. The van der Waals surface area contributed by atoms with Crippen molar-refractivity contribution in [3.05, 3.63) is 58.2 Å². The van der Waals surface area contributed by atoms with Gasteiger partial charge in [-0.05, 0) is 21.5 Å². The molecule has 0 N–H and O–H groups in total. The fraction of sp³-hybridized carbons (Fsp3) is 0.154. The number of alkyl halides is 3. The second-order valence-corrected chi connectivity index (χ2v) is 4.63. The third kappa shape index (κ3) is 3.70. The van der Waals surface area contributed by atoms with Crippen LogP contribution in [0.3, 0.4) is 0 Å². The smallest absolute Gasteiger partial charge is 0.417 e. The summed E-state index contributed by atoms with van der Waals surface area (Å²) in [4.78, 5) is 3.80. The van der Waals surface area contributed by atoms with Crippen molar-refractivity contribution < 1.29 is 17.9 Å². The van der Waals surface area contributed by atoms with Gasteiger partial charge in [0.2, 0.25) is 5.88 Å². The molecule has 0 bridgehead atoms. The normalized spacial score (nSPS) is 11.4. The van der Waals surface area contributed by atoms with Crippen molar-refractivity contribution in [2.45, 2.75) is 12.8 Å². The van der Waals surface area contributed by atoms with E-state index in [4.69, 9.17) is 4.74 Å². The third-order valence-electron chi connectivity index (χ3n) is 2.37. The van der Waals surface area contributed by atoms with Crippen molar-refractivity contribution >= 4 is 15.9 Å². The summed E-state index contributed by atoms with van der Waals surface area (Å²) >= 11 is 2.82. The van der Waals surface area contributed by atoms with E-state index < -0.39 is 11.7 Å². The maximum atomic E-state index is 12.7. The molecule has 2 nitrogen and oxygen atoms in total. The highest BCUT2D eigenvalue weighted by Gasteiger charge is 2.33. The van der Waals surface area contributed by atoms with Gasteiger partial charge in [-0.25, -0.2) is 4.98 Å². The number of halogens is 4. The second kappa shape index (κ2) is 5.61. The molecule has 0 radical (unpaired) electrons. The number of hydrogen-bond donors (Lipinski definition) is 0. The number of ether oxygens (including phenoxy) is 1. The molecule has 0 aliphatic heterocycles. The zero-order valence-electron chi connectivity index (χ0n) is 9.62. The zero-order chi connectivity index (χ0) is 13.9. The molecule has 2 rings (SSSR count). The topological polar surface area (TPSA) is 22.1 Å². The summed E-state index contributed by atoms with van der Waals surface area (Å²) in [5, 5.41) is 0. The number of aromatic nitrogens is 1. The van der Waals surface area contributed by atoms with Crippen molar-refractivity contribution in [2.75, 3.05) is 0 Å². The number of hydrogen-bond acceptors (Lipinski definition) is 2. The molecular weight excluding hydrogens is 323 g/mol. The van der Waals surface area contributed by atoms with Gasteiger partial charge < -0.3 is 4.74 Å². The molecule has 1 heterocycles. The average Bonchev–Trinajstić information content (AvgIpc) is 2.37. The molecule has 100 valence electrons. The molecule has 0 spiro atoms. The van der Waals surface area contributed by atoms with Gasteiger partial charge >= 0.3 is 6.18 Å². The molecule has 1 aromatic heterocycles. The second-order valence-electron chi connectivity index (χ2n) is 3.77. The summed E-state index contributed by atoms with van der Waals surface area (Å²) < 4.78 is 43.2. The van der Waals surface area contributed by atoms with Gasteiger partial charge in [0, 0.05) is 16.7 Å². The average molecular weight is 332 g/mol. The summed E-state index contributed by atoms with van der Waals surface area (Å²) in [7, 11) is 0. The lowest BCUT2D eigenvalue weighted by molar-refractivity contribution is -0.138. The minimum atomic E-state index is -4.44. The Labute approximate surface area is 116 Å². The van der Waals surface area contributed by atoms with E-state index in [0.717, 1.165) is 17.8 Å². The van der Waals surface area contributed by atoms with Gasteiger partial charge in [-0.15, -0.1) is 0 Å². The number of pyridine rings is 1. The molecule has 0 amide bonds. The van der Waals surface area contributed by atoms with Gasteiger partial charge in [0.25, 0.3) is 0 Å². The lowest BCUT2D eigenvalue weighted by Crippen LogP contribution is -2.07. The van der Waals surface area contributed by atoms with Gasteiger partial charge in [-0.3, -0.25) is 0 Å². The Balaban J connectivity index is 2.14. The van der Waals surface area contributed by atoms with Gasteiger partial charge in [0.1, 0.15) is 6.61 Å². The Morgan fingerprint density at radius 1 is 1.16 bits per heavy atom. The maximum Gasteiger partial charge on any atom is 0.417 e. The van der Waals surface area contributed by atoms with E-state index in [9.17, 15) is 13.2 Å². The highest BCUT2D eigenvalue weighted by molar-refractivity contribution is 9.10. The summed E-state index contributed by atoms with van der Waals surface area (Å²) in [6, 6.07) is 10.0. The minimum Gasteiger partial charge on any atom is -0.473 e. The molecule has 0 saturated heterocycles. The van der Waals surface area contributed by atoms with Crippen LogP contribution in [0.1, 0.15) is 11.1 Å². The van der Waals surface area contributed by atoms with E-state index in [1.165, 1.54) is 0 Å². The first-order valence-corrected chi connectivity index (χ1v) is 6.15. The first-order valence-electron chi connectivity index (χ1n) is 5.36. The van der Waals surface area contributed by atoms with Crippen molar-refractivity contribution in [1.82, 2.24) is 4.98 Å². The molecule has 0 aliphatic rings. The molecule has 0 saturated carbocycles. The Morgan fingerprint density at radius 3 is 2.47 bits per heavy atom. The van der Waals surface area contributed by atoms with Crippen molar-refractivity contribution in [3.63, 3.8) is 0 Å². The van der Waals surface area contributed by atoms with Gasteiger partial charge in [-0.1, -0.05) is 30.3 Å². The van der Waals surface area contributed by atoms with E-state index in [2.05, 4.69) is 20.9 Å². The molecule has 6 heteroatoms. The standard InChI is InChI=1S/C13H9BrF3NO/c14-11-7-18-12(6-10(11)13(15,16)17)19-8-9-4-2-1-3-5-9/h1-7H,8H2. The Morgan fingerprint density at radius 2 is 1.84 bits per heavy atom. The minimum absolute atomic E-state index is 0.0561. The maximum absolute atomic E-state index is 12.7. The predicted octanol–water partition coefficient (Wildman–Crippen LogP) is 4.44. The first-order chi connectivity index (χ1) is 8.97. The first kappa shape index (κ1) is 13.9. The van der Waals surface area contributed by atoms with Crippen LogP contribution in [0.25, 0.3) is 0 Å². The molecule has 0 fully saturated rings. The Bertz CT molecular complexity index is 558. The van der Waals surface area contributed by atoms with Crippen LogP contribution in [0.15, 0.2) is 47.1 Å². The van der Waals surface area contributed by atoms with Crippen molar-refractivity contribution in [1.29, 1.82) is 0 Å². The summed E-state index contributed by atoms with van der Waals surface area (Å²) in [5.41, 5.74) is 0.0614. The van der Waals surface area contributed by atoms with E-state index >= 15 is 0 Å². The lowest BCUT2D eigenvalue weighted by Gasteiger charge is -2.11. The van der Waals surface area contributed by atoms with Crippen molar-refractivity contribution in [2.24, 2.45) is 0 Å². The number of benzene rings is 1. The number of nitrogens with zero attached hydrogens (tertiary/aromatic N) is 1. The van der Waals surface area contributed by atoms with Gasteiger partial charge in [-0.2, -0.15) is 13.2 Å². The SMILES string of the molecule is FC(F)(F)c1cc(OCc2ccccc2)ncc1Br. The van der Waals surface area contributed by atoms with E-state index in [1.807, 2.05) is 30.3 Å². The Kier molecular flexibility index (Phi) is 4.09. The molecule has 0 atom stereocenters. The summed E-state index contributed by atoms with van der Waals surface area (Å²) in [6.45, 7) is 0.173. The molecule has 1 aromatic carbocycles. The third-order valence-corrected chi connectivity index (χ3v) is 3.00. The highest BCUT2D eigenvalue weighted by Crippen LogP contribution is 2.35. The van der Waals surface area contributed by atoms with Crippen LogP contribution < -0.4 is 4.74 Å². The molecule has 0 unspecified atom stereocenters. The fourth-order valence-electron chi connectivity index (χ4n) is 1.45. The summed E-state index contributed by atoms with van der Waals surface area (Å²) in [5.74, 6) is -0.0561. The molecule has 2 aromatic rings. The number of rotatable bonds is 3. The molecule has 0 aliphatic carbocycles. The monoisotopic (exact) mass is 331 g/mol. The Hall–Kier alpha value is -1.56. The van der Waals surface area contributed by atoms with Crippen LogP contribution in [-0.2, 0) is 12.8 Å². The van der Waals surface area contributed by atoms with E-state index in [1.54, 1.807) is 0 Å². The largest absolute Gasteiger partial charge is 0.473 e. The van der Waals surface area contributed by atoms with Crippen LogP contribution >= 0.6 is 15.9 Å². The zero-order valence-corrected chi connectivity index (χ0v) is 11.2. The lowest BCUT2D eigenvalue weighted by atomic mass is 10.2. The van der Waals surface area contributed by atoms with Crippen LogP contribution in [0.5, 0.6) is 5.88 Å². The van der Waals surface area contributed by atoms with E-state index in [-0.39, 0.29) is 17.0 Å².